The first-order chi connectivity index (χ1) is 7.04. The van der Waals surface area contributed by atoms with Crippen molar-refractivity contribution < 1.29 is 4.79 Å². The van der Waals surface area contributed by atoms with E-state index in [-0.39, 0.29) is 11.9 Å². The number of benzene rings is 1. The maximum atomic E-state index is 11.5. The van der Waals surface area contributed by atoms with E-state index in [1.54, 1.807) is 25.2 Å². The molecule has 0 bridgehead atoms. The summed E-state index contributed by atoms with van der Waals surface area (Å²) in [5.74, 6) is -0.113. The minimum absolute atomic E-state index is 0.113. The van der Waals surface area contributed by atoms with Gasteiger partial charge in [0.25, 0.3) is 5.91 Å². The van der Waals surface area contributed by atoms with E-state index < -0.39 is 0 Å². The number of nitrogen functional groups attached to an aromatic ring is 1. The normalized spacial score (nSPS) is 10.1. The van der Waals surface area contributed by atoms with Crippen molar-refractivity contribution in [2.45, 2.75) is 19.9 Å². The molecule has 0 saturated heterocycles. The molecule has 1 amide bonds. The Labute approximate surface area is 89.9 Å². The van der Waals surface area contributed by atoms with E-state index in [1.807, 2.05) is 13.8 Å². The molecular weight excluding hydrogens is 190 g/mol. The van der Waals surface area contributed by atoms with E-state index in [0.29, 0.717) is 11.3 Å². The Bertz CT molecular complexity index is 361. The van der Waals surface area contributed by atoms with Gasteiger partial charge in [-0.2, -0.15) is 0 Å². The van der Waals surface area contributed by atoms with Crippen LogP contribution in [0.15, 0.2) is 18.2 Å². The highest BCUT2D eigenvalue weighted by Crippen LogP contribution is 2.19. The third kappa shape index (κ3) is 2.87. The topological polar surface area (TPSA) is 67.2 Å². The van der Waals surface area contributed by atoms with Crippen molar-refractivity contribution in [2.75, 3.05) is 18.1 Å². The van der Waals surface area contributed by atoms with Gasteiger partial charge in [0.05, 0.1) is 5.56 Å². The van der Waals surface area contributed by atoms with Gasteiger partial charge in [-0.1, -0.05) is 0 Å². The van der Waals surface area contributed by atoms with Crippen LogP contribution in [0.3, 0.4) is 0 Å². The lowest BCUT2D eigenvalue weighted by atomic mass is 10.1. The number of carbonyl (C=O) groups excluding carboxylic acids is 1. The highest BCUT2D eigenvalue weighted by Gasteiger charge is 2.10. The molecule has 0 heterocycles. The molecule has 1 rings (SSSR count). The van der Waals surface area contributed by atoms with E-state index in [0.717, 1.165) is 5.69 Å². The summed E-state index contributed by atoms with van der Waals surface area (Å²) in [5.41, 5.74) is 7.70. The number of rotatable bonds is 3. The zero-order valence-electron chi connectivity index (χ0n) is 9.29. The van der Waals surface area contributed by atoms with E-state index in [2.05, 4.69) is 10.6 Å². The maximum absolute atomic E-state index is 11.5. The summed E-state index contributed by atoms with van der Waals surface area (Å²) in [5, 5.41) is 5.78. The fraction of sp³-hybridized carbons (Fsp3) is 0.364. The summed E-state index contributed by atoms with van der Waals surface area (Å²) in [6, 6.07) is 5.47. The van der Waals surface area contributed by atoms with Crippen LogP contribution in [0, 0.1) is 0 Å². The van der Waals surface area contributed by atoms with Gasteiger partial charge < -0.3 is 16.4 Å². The lowest BCUT2D eigenvalue weighted by Crippen LogP contribution is -2.21. The second-order valence-electron chi connectivity index (χ2n) is 3.68. The molecule has 0 radical (unpaired) electrons. The monoisotopic (exact) mass is 207 g/mol. The van der Waals surface area contributed by atoms with E-state index >= 15 is 0 Å². The van der Waals surface area contributed by atoms with Crippen LogP contribution < -0.4 is 16.4 Å². The van der Waals surface area contributed by atoms with Gasteiger partial charge >= 0.3 is 0 Å². The summed E-state index contributed by atoms with van der Waals surface area (Å²) < 4.78 is 0. The minimum atomic E-state index is -0.113. The number of nitrogens with two attached hydrogens (primary N) is 1. The van der Waals surface area contributed by atoms with Gasteiger partial charge in [-0.3, -0.25) is 4.79 Å². The van der Waals surface area contributed by atoms with Crippen LogP contribution in [0.4, 0.5) is 11.4 Å². The zero-order chi connectivity index (χ0) is 11.4. The number of nitrogens with one attached hydrogen (secondary N) is 2. The van der Waals surface area contributed by atoms with E-state index in [9.17, 15) is 4.79 Å². The first-order valence-corrected chi connectivity index (χ1v) is 4.92. The SMILES string of the molecule is CNC(=O)c1ccc(N)cc1NC(C)C. The van der Waals surface area contributed by atoms with Crippen molar-refractivity contribution >= 4 is 17.3 Å². The summed E-state index contributed by atoms with van der Waals surface area (Å²) in [6.45, 7) is 4.02. The van der Waals surface area contributed by atoms with Gasteiger partial charge in [-0.05, 0) is 32.0 Å². The van der Waals surface area contributed by atoms with Gasteiger partial charge in [0, 0.05) is 24.5 Å². The average Bonchev–Trinajstić information content (AvgIpc) is 2.16. The Morgan fingerprint density at radius 2 is 2.07 bits per heavy atom. The second kappa shape index (κ2) is 4.68. The Balaban J connectivity index is 3.08. The van der Waals surface area contributed by atoms with E-state index in [4.69, 9.17) is 5.73 Å². The minimum Gasteiger partial charge on any atom is -0.399 e. The maximum Gasteiger partial charge on any atom is 0.253 e. The molecule has 4 heteroatoms. The fourth-order valence-electron chi connectivity index (χ4n) is 1.32. The molecule has 0 aliphatic carbocycles. The van der Waals surface area contributed by atoms with Crippen LogP contribution in [0.2, 0.25) is 0 Å². The van der Waals surface area contributed by atoms with E-state index in [1.165, 1.54) is 0 Å². The molecule has 0 fully saturated rings. The summed E-state index contributed by atoms with van der Waals surface area (Å²) in [7, 11) is 1.61. The molecule has 82 valence electrons. The molecule has 0 aromatic heterocycles. The standard InChI is InChI=1S/C11H17N3O/c1-7(2)14-10-6-8(12)4-5-9(10)11(15)13-3/h4-7,14H,12H2,1-3H3,(H,13,15). The zero-order valence-corrected chi connectivity index (χ0v) is 9.29. The quantitative estimate of drug-likeness (QED) is 0.657. The fourth-order valence-corrected chi connectivity index (χ4v) is 1.32. The third-order valence-corrected chi connectivity index (χ3v) is 1.96. The molecule has 4 N–H and O–H groups in total. The molecule has 1 aromatic rings. The van der Waals surface area contributed by atoms with Crippen LogP contribution in [-0.2, 0) is 0 Å². The number of amides is 1. The Morgan fingerprint density at radius 1 is 1.40 bits per heavy atom. The number of anilines is 2. The van der Waals surface area contributed by atoms with Crippen LogP contribution in [0.5, 0.6) is 0 Å². The van der Waals surface area contributed by atoms with Crippen LogP contribution in [-0.4, -0.2) is 19.0 Å². The predicted molar refractivity (Wildman–Crippen MR) is 63.0 cm³/mol. The van der Waals surface area contributed by atoms with Gasteiger partial charge in [-0.15, -0.1) is 0 Å². The van der Waals surface area contributed by atoms with Gasteiger partial charge in [0.15, 0.2) is 0 Å². The van der Waals surface area contributed by atoms with Crippen molar-refractivity contribution in [1.82, 2.24) is 5.32 Å². The number of hydrogen-bond acceptors (Lipinski definition) is 3. The lowest BCUT2D eigenvalue weighted by molar-refractivity contribution is 0.0964. The van der Waals surface area contributed by atoms with Crippen LogP contribution >= 0.6 is 0 Å². The predicted octanol–water partition coefficient (Wildman–Crippen LogP) is 1.45. The van der Waals surface area contributed by atoms with Crippen LogP contribution in [0.1, 0.15) is 24.2 Å². The third-order valence-electron chi connectivity index (χ3n) is 1.96. The number of carbonyl (C=O) groups is 1. The molecule has 4 nitrogen and oxygen atoms in total. The first kappa shape index (κ1) is 11.4. The summed E-state index contributed by atoms with van der Waals surface area (Å²) >= 11 is 0. The van der Waals surface area contributed by atoms with Crippen molar-refractivity contribution in [3.8, 4) is 0 Å². The Kier molecular flexibility index (Phi) is 3.55. The Morgan fingerprint density at radius 3 is 2.60 bits per heavy atom. The highest BCUT2D eigenvalue weighted by molar-refractivity contribution is 6.00. The first-order valence-electron chi connectivity index (χ1n) is 4.92. The molecule has 0 aliphatic heterocycles. The van der Waals surface area contributed by atoms with Crippen molar-refractivity contribution in [2.24, 2.45) is 0 Å². The lowest BCUT2D eigenvalue weighted by Gasteiger charge is -2.14. The Hall–Kier alpha value is -1.71. The van der Waals surface area contributed by atoms with Gasteiger partial charge in [0.1, 0.15) is 0 Å². The van der Waals surface area contributed by atoms with Gasteiger partial charge in [-0.25, -0.2) is 0 Å². The molecule has 0 aliphatic rings. The average molecular weight is 207 g/mol. The molecule has 0 unspecified atom stereocenters. The van der Waals surface area contributed by atoms with Crippen LogP contribution in [0.25, 0.3) is 0 Å². The van der Waals surface area contributed by atoms with Crippen molar-refractivity contribution in [3.63, 3.8) is 0 Å². The molecule has 0 saturated carbocycles. The molecule has 0 atom stereocenters. The molecule has 15 heavy (non-hydrogen) atoms. The molecular formula is C11H17N3O. The number of hydrogen-bond donors (Lipinski definition) is 3. The molecule has 0 spiro atoms. The van der Waals surface area contributed by atoms with Gasteiger partial charge in [0.2, 0.25) is 0 Å². The molecule has 1 aromatic carbocycles. The largest absolute Gasteiger partial charge is 0.399 e. The summed E-state index contributed by atoms with van der Waals surface area (Å²) in [4.78, 5) is 11.5. The second-order valence-corrected chi connectivity index (χ2v) is 3.68. The summed E-state index contributed by atoms with van der Waals surface area (Å²) in [6.07, 6.45) is 0. The van der Waals surface area contributed by atoms with Crippen molar-refractivity contribution in [3.05, 3.63) is 23.8 Å². The highest BCUT2D eigenvalue weighted by atomic mass is 16.1. The van der Waals surface area contributed by atoms with Crippen molar-refractivity contribution in [1.29, 1.82) is 0 Å². The smallest absolute Gasteiger partial charge is 0.253 e.